The number of aromatic nitrogens is 2. The summed E-state index contributed by atoms with van der Waals surface area (Å²) in [4.78, 5) is 21.6. The van der Waals surface area contributed by atoms with E-state index in [4.69, 9.17) is 9.90 Å². The van der Waals surface area contributed by atoms with Gasteiger partial charge in [-0.1, -0.05) is 36.4 Å². The van der Waals surface area contributed by atoms with E-state index in [2.05, 4.69) is 26.9 Å². The molecule has 0 aliphatic carbocycles. The van der Waals surface area contributed by atoms with Gasteiger partial charge in [0, 0.05) is 17.5 Å². The number of fused-ring (bicyclic) bond motifs is 2. The van der Waals surface area contributed by atoms with Gasteiger partial charge in [0.2, 0.25) is 0 Å². The van der Waals surface area contributed by atoms with Crippen molar-refractivity contribution in [1.82, 2.24) is 15.5 Å². The molecule has 0 bridgehead atoms. The van der Waals surface area contributed by atoms with Gasteiger partial charge in [-0.05, 0) is 30.8 Å². The van der Waals surface area contributed by atoms with E-state index in [1.807, 2.05) is 37.3 Å². The number of carboxylic acid groups (broad SMARTS) is 1. The first-order chi connectivity index (χ1) is 14.2. The van der Waals surface area contributed by atoms with Gasteiger partial charge in [-0.25, -0.2) is 4.79 Å². The number of aryl methyl sites for hydroxylation is 1. The van der Waals surface area contributed by atoms with Crippen LogP contribution in [0.2, 0.25) is 0 Å². The van der Waals surface area contributed by atoms with Crippen LogP contribution in [0.25, 0.3) is 10.8 Å². The largest absolute Gasteiger partial charge is 0.490 e. The molecule has 0 spiro atoms. The lowest BCUT2D eigenvalue weighted by Gasteiger charge is -2.14. The van der Waals surface area contributed by atoms with E-state index in [0.29, 0.717) is 5.69 Å². The third-order valence-electron chi connectivity index (χ3n) is 4.64. The van der Waals surface area contributed by atoms with Gasteiger partial charge in [0.15, 0.2) is 5.69 Å². The third kappa shape index (κ3) is 4.60. The zero-order valence-electron chi connectivity index (χ0n) is 15.9. The summed E-state index contributed by atoms with van der Waals surface area (Å²) in [6.45, 7) is 3.62. The molecule has 1 aromatic heterocycles. The Morgan fingerprint density at radius 2 is 1.87 bits per heavy atom. The standard InChI is InChI=1S/C18H18N4O.C2HF3O2/c1-11-6-7-12-4-2-3-5-13(12)16(11)20-18(23)17-14-8-9-19-10-15(14)21-22-17;3-2(4,5)1(6)7/h2-7,19H,8-10H2,1H3,(H,20,23)(H,21,22);(H,6,7). The van der Waals surface area contributed by atoms with Crippen molar-refractivity contribution in [2.75, 3.05) is 11.9 Å². The van der Waals surface area contributed by atoms with Crippen LogP contribution in [0, 0.1) is 6.92 Å². The monoisotopic (exact) mass is 420 g/mol. The van der Waals surface area contributed by atoms with Gasteiger partial charge in [0.05, 0.1) is 11.4 Å². The van der Waals surface area contributed by atoms with Crippen LogP contribution >= 0.6 is 0 Å². The predicted octanol–water partition coefficient (Wildman–Crippen LogP) is 3.40. The minimum atomic E-state index is -5.08. The van der Waals surface area contributed by atoms with Crippen LogP contribution in [0.4, 0.5) is 18.9 Å². The van der Waals surface area contributed by atoms with Gasteiger partial charge in [-0.15, -0.1) is 0 Å². The number of nitrogens with zero attached hydrogens (tertiary/aromatic N) is 1. The summed E-state index contributed by atoms with van der Waals surface area (Å²) in [6, 6.07) is 12.2. The number of carbonyl (C=O) groups excluding carboxylic acids is 1. The number of carboxylic acids is 1. The number of hydrogen-bond donors (Lipinski definition) is 4. The van der Waals surface area contributed by atoms with E-state index >= 15 is 0 Å². The zero-order chi connectivity index (χ0) is 21.9. The molecule has 0 radical (unpaired) electrons. The van der Waals surface area contributed by atoms with Gasteiger partial charge in [-0.2, -0.15) is 18.3 Å². The Kier molecular flexibility index (Phi) is 6.06. The Hall–Kier alpha value is -3.40. The Morgan fingerprint density at radius 1 is 1.17 bits per heavy atom. The normalized spacial score (nSPS) is 13.2. The fourth-order valence-corrected chi connectivity index (χ4v) is 3.15. The van der Waals surface area contributed by atoms with Crippen LogP contribution in [0.5, 0.6) is 0 Å². The van der Waals surface area contributed by atoms with Crippen LogP contribution in [0.1, 0.15) is 27.3 Å². The smallest absolute Gasteiger partial charge is 0.475 e. The number of anilines is 1. The minimum Gasteiger partial charge on any atom is -0.475 e. The van der Waals surface area contributed by atoms with Crippen LogP contribution < -0.4 is 10.6 Å². The molecule has 1 aliphatic heterocycles. The molecule has 4 N–H and O–H groups in total. The molecule has 1 aliphatic rings. The number of aromatic amines is 1. The van der Waals surface area contributed by atoms with Crippen molar-refractivity contribution >= 4 is 28.3 Å². The number of aliphatic carboxylic acids is 1. The molecule has 0 unspecified atom stereocenters. The Labute approximate surface area is 169 Å². The Bertz CT molecular complexity index is 1090. The first kappa shape index (κ1) is 21.3. The van der Waals surface area contributed by atoms with Gasteiger partial charge in [0.25, 0.3) is 5.91 Å². The van der Waals surface area contributed by atoms with E-state index in [1.165, 1.54) is 0 Å². The van der Waals surface area contributed by atoms with Crippen molar-refractivity contribution in [3.05, 3.63) is 58.9 Å². The fraction of sp³-hybridized carbons (Fsp3) is 0.250. The number of amides is 1. The molecule has 158 valence electrons. The molecule has 10 heteroatoms. The number of carbonyl (C=O) groups is 2. The number of halogens is 3. The number of hydrogen-bond acceptors (Lipinski definition) is 4. The molecular weight excluding hydrogens is 401 g/mol. The van der Waals surface area contributed by atoms with E-state index in [0.717, 1.165) is 52.8 Å². The zero-order valence-corrected chi connectivity index (χ0v) is 15.9. The van der Waals surface area contributed by atoms with Crippen molar-refractivity contribution in [3.63, 3.8) is 0 Å². The maximum Gasteiger partial charge on any atom is 0.490 e. The number of benzene rings is 2. The van der Waals surface area contributed by atoms with Gasteiger partial charge in [0.1, 0.15) is 0 Å². The summed E-state index contributed by atoms with van der Waals surface area (Å²) < 4.78 is 31.7. The van der Waals surface area contributed by atoms with Crippen molar-refractivity contribution in [2.24, 2.45) is 0 Å². The molecule has 2 heterocycles. The number of H-pyrrole nitrogens is 1. The summed E-state index contributed by atoms with van der Waals surface area (Å²) in [5.41, 5.74) is 4.45. The molecule has 4 rings (SSSR count). The van der Waals surface area contributed by atoms with E-state index < -0.39 is 12.1 Å². The average Bonchev–Trinajstić information content (AvgIpc) is 3.14. The highest BCUT2D eigenvalue weighted by atomic mass is 19.4. The summed E-state index contributed by atoms with van der Waals surface area (Å²) in [5, 5.41) is 22.8. The fourth-order valence-electron chi connectivity index (χ4n) is 3.15. The van der Waals surface area contributed by atoms with Gasteiger partial charge >= 0.3 is 12.1 Å². The summed E-state index contributed by atoms with van der Waals surface area (Å²) in [6.07, 6.45) is -4.26. The SMILES string of the molecule is Cc1ccc2ccccc2c1NC(=O)c1n[nH]c2c1CCNC2.O=C(O)C(F)(F)F. The topological polar surface area (TPSA) is 107 Å². The lowest BCUT2D eigenvalue weighted by molar-refractivity contribution is -0.192. The summed E-state index contributed by atoms with van der Waals surface area (Å²) in [7, 11) is 0. The van der Waals surface area contributed by atoms with E-state index in [-0.39, 0.29) is 5.91 Å². The molecule has 1 amide bonds. The summed E-state index contributed by atoms with van der Waals surface area (Å²) in [5.74, 6) is -2.91. The molecule has 2 aromatic carbocycles. The highest BCUT2D eigenvalue weighted by Gasteiger charge is 2.38. The second-order valence-corrected chi connectivity index (χ2v) is 6.69. The second-order valence-electron chi connectivity index (χ2n) is 6.69. The average molecular weight is 420 g/mol. The highest BCUT2D eigenvalue weighted by molar-refractivity contribution is 6.09. The third-order valence-corrected chi connectivity index (χ3v) is 4.64. The van der Waals surface area contributed by atoms with Crippen LogP contribution in [-0.4, -0.2) is 39.9 Å². The Balaban J connectivity index is 0.000000318. The lowest BCUT2D eigenvalue weighted by Crippen LogP contribution is -2.25. The molecule has 3 aromatic rings. The molecule has 0 saturated heterocycles. The molecular formula is C20H19F3N4O3. The molecule has 0 fully saturated rings. The number of rotatable bonds is 2. The Morgan fingerprint density at radius 3 is 2.57 bits per heavy atom. The first-order valence-electron chi connectivity index (χ1n) is 9.05. The van der Waals surface area contributed by atoms with Crippen molar-refractivity contribution in [3.8, 4) is 0 Å². The van der Waals surface area contributed by atoms with E-state index in [1.54, 1.807) is 0 Å². The number of alkyl halides is 3. The molecule has 30 heavy (non-hydrogen) atoms. The van der Waals surface area contributed by atoms with Crippen LogP contribution in [0.3, 0.4) is 0 Å². The van der Waals surface area contributed by atoms with Gasteiger partial charge < -0.3 is 15.7 Å². The van der Waals surface area contributed by atoms with Crippen molar-refractivity contribution < 1.29 is 27.9 Å². The minimum absolute atomic E-state index is 0.149. The second kappa shape index (κ2) is 8.54. The maximum absolute atomic E-state index is 12.7. The number of nitrogens with one attached hydrogen (secondary N) is 3. The lowest BCUT2D eigenvalue weighted by atomic mass is 10.0. The quantitative estimate of drug-likeness (QED) is 0.508. The maximum atomic E-state index is 12.7. The summed E-state index contributed by atoms with van der Waals surface area (Å²) >= 11 is 0. The molecule has 7 nitrogen and oxygen atoms in total. The van der Waals surface area contributed by atoms with Crippen molar-refractivity contribution in [1.29, 1.82) is 0 Å². The predicted molar refractivity (Wildman–Crippen MR) is 104 cm³/mol. The van der Waals surface area contributed by atoms with E-state index in [9.17, 15) is 18.0 Å². The first-order valence-corrected chi connectivity index (χ1v) is 9.05. The van der Waals surface area contributed by atoms with Gasteiger partial charge in [-0.3, -0.25) is 9.89 Å². The van der Waals surface area contributed by atoms with Crippen LogP contribution in [-0.2, 0) is 17.8 Å². The van der Waals surface area contributed by atoms with Crippen LogP contribution in [0.15, 0.2) is 36.4 Å². The molecule has 0 saturated carbocycles. The highest BCUT2D eigenvalue weighted by Crippen LogP contribution is 2.28. The van der Waals surface area contributed by atoms with Crippen molar-refractivity contribution in [2.45, 2.75) is 26.1 Å². The molecule has 0 atom stereocenters.